The average Bonchev–Trinajstić information content (AvgIpc) is 3.76. The number of methoxy groups -OCH3 is 2. The number of guanidine groups is 1. The third-order valence-corrected chi connectivity index (χ3v) is 7.32. The molecule has 3 N–H and O–H groups in total. The van der Waals surface area contributed by atoms with E-state index in [0.29, 0.717) is 29.7 Å². The van der Waals surface area contributed by atoms with E-state index in [4.69, 9.17) is 14.7 Å². The van der Waals surface area contributed by atoms with Gasteiger partial charge in [-0.3, -0.25) is 4.79 Å². The van der Waals surface area contributed by atoms with Crippen LogP contribution in [-0.4, -0.2) is 45.2 Å². The molecule has 0 atom stereocenters. The minimum atomic E-state index is -0.281. The number of amides is 1. The molecule has 0 radical (unpaired) electrons. The molecule has 2 fully saturated rings. The van der Waals surface area contributed by atoms with Crippen molar-refractivity contribution in [1.29, 1.82) is 5.26 Å². The largest absolute Gasteiger partial charge is 0.496 e. The monoisotopic (exact) mass is 489 g/mol. The highest BCUT2D eigenvalue weighted by atomic mass is 16.5. The average molecular weight is 490 g/mol. The molecular formula is C28H35N5O3. The van der Waals surface area contributed by atoms with Crippen LogP contribution in [0, 0.1) is 17.4 Å². The Balaban J connectivity index is 1.49. The minimum Gasteiger partial charge on any atom is -0.496 e. The van der Waals surface area contributed by atoms with E-state index in [-0.39, 0.29) is 17.4 Å². The minimum absolute atomic E-state index is 0.158. The van der Waals surface area contributed by atoms with Crippen molar-refractivity contribution >= 4 is 11.9 Å². The number of nitrogens with zero attached hydrogens (tertiary/aromatic N) is 2. The van der Waals surface area contributed by atoms with Gasteiger partial charge in [-0.25, -0.2) is 0 Å². The summed E-state index contributed by atoms with van der Waals surface area (Å²) in [6, 6.07) is 15.5. The second-order valence-corrected chi connectivity index (χ2v) is 9.67. The molecule has 2 aliphatic carbocycles. The van der Waals surface area contributed by atoms with Crippen LogP contribution >= 0.6 is 0 Å². The fraction of sp³-hybridized carbons (Fsp3) is 0.464. The molecule has 2 aromatic carbocycles. The van der Waals surface area contributed by atoms with Gasteiger partial charge >= 0.3 is 0 Å². The molecule has 1 amide bonds. The highest BCUT2D eigenvalue weighted by Gasteiger charge is 2.39. The highest BCUT2D eigenvalue weighted by molar-refractivity contribution is 5.97. The van der Waals surface area contributed by atoms with E-state index in [9.17, 15) is 4.79 Å². The van der Waals surface area contributed by atoms with Gasteiger partial charge in [-0.2, -0.15) is 5.26 Å². The first kappa shape index (κ1) is 25.4. The number of benzene rings is 2. The van der Waals surface area contributed by atoms with Crippen LogP contribution in [0.1, 0.15) is 54.4 Å². The number of rotatable bonds is 9. The van der Waals surface area contributed by atoms with Gasteiger partial charge in [-0.05, 0) is 62.6 Å². The molecule has 0 aliphatic heterocycles. The topological polar surface area (TPSA) is 108 Å². The van der Waals surface area contributed by atoms with Crippen molar-refractivity contribution in [3.8, 4) is 17.7 Å². The summed E-state index contributed by atoms with van der Waals surface area (Å²) in [6.07, 6.45) is 7.81. The predicted molar refractivity (Wildman–Crippen MR) is 139 cm³/mol. The van der Waals surface area contributed by atoms with Crippen LogP contribution in [0.3, 0.4) is 0 Å². The van der Waals surface area contributed by atoms with Gasteiger partial charge in [0.1, 0.15) is 11.5 Å². The lowest BCUT2D eigenvalue weighted by Crippen LogP contribution is -2.50. The van der Waals surface area contributed by atoms with Gasteiger partial charge in [-0.15, -0.1) is 4.99 Å². The van der Waals surface area contributed by atoms with Crippen molar-refractivity contribution in [1.82, 2.24) is 16.0 Å². The van der Waals surface area contributed by atoms with Gasteiger partial charge in [0.25, 0.3) is 5.91 Å². The zero-order valence-corrected chi connectivity index (χ0v) is 21.0. The van der Waals surface area contributed by atoms with E-state index >= 15 is 0 Å². The lowest BCUT2D eigenvalue weighted by Gasteiger charge is -2.42. The Hall–Kier alpha value is -3.73. The molecule has 2 aliphatic rings. The van der Waals surface area contributed by atoms with E-state index in [1.807, 2.05) is 36.5 Å². The number of ether oxygens (including phenoxy) is 2. The van der Waals surface area contributed by atoms with Crippen molar-refractivity contribution in [2.24, 2.45) is 10.9 Å². The fourth-order valence-corrected chi connectivity index (χ4v) is 5.04. The maximum atomic E-state index is 13.1. The van der Waals surface area contributed by atoms with Gasteiger partial charge in [0.15, 0.2) is 0 Å². The number of carbonyl (C=O) groups excluding carboxylic acids is 1. The van der Waals surface area contributed by atoms with Crippen molar-refractivity contribution in [3.05, 3.63) is 59.7 Å². The van der Waals surface area contributed by atoms with E-state index in [1.165, 1.54) is 12.8 Å². The first-order valence-corrected chi connectivity index (χ1v) is 12.6. The molecule has 0 spiro atoms. The summed E-state index contributed by atoms with van der Waals surface area (Å²) in [7, 11) is 3.25. The number of nitrogens with one attached hydrogen (secondary N) is 3. The maximum absolute atomic E-state index is 13.1. The van der Waals surface area contributed by atoms with E-state index in [0.717, 1.165) is 43.5 Å². The normalized spacial score (nSPS) is 21.7. The summed E-state index contributed by atoms with van der Waals surface area (Å²) in [5, 5.41) is 19.0. The number of aliphatic imine (C=N–C) groups is 1. The van der Waals surface area contributed by atoms with Crippen LogP contribution in [0.5, 0.6) is 11.5 Å². The van der Waals surface area contributed by atoms with Crippen LogP contribution in [0.4, 0.5) is 0 Å². The zero-order valence-electron chi connectivity index (χ0n) is 21.0. The molecule has 0 saturated heterocycles. The van der Waals surface area contributed by atoms with Crippen molar-refractivity contribution in [3.63, 3.8) is 0 Å². The molecule has 8 nitrogen and oxygen atoms in total. The van der Waals surface area contributed by atoms with Crippen LogP contribution < -0.4 is 25.4 Å². The summed E-state index contributed by atoms with van der Waals surface area (Å²) < 4.78 is 11.1. The Morgan fingerprint density at radius 1 is 1.00 bits per heavy atom. The Labute approximate surface area is 213 Å². The Morgan fingerprint density at radius 2 is 1.67 bits per heavy atom. The van der Waals surface area contributed by atoms with Crippen LogP contribution in [0.15, 0.2) is 53.5 Å². The van der Waals surface area contributed by atoms with Crippen molar-refractivity contribution < 1.29 is 14.3 Å². The molecule has 4 rings (SSSR count). The summed E-state index contributed by atoms with van der Waals surface area (Å²) in [5.41, 5.74) is 1.34. The van der Waals surface area contributed by atoms with Gasteiger partial charge in [0.2, 0.25) is 12.2 Å². The van der Waals surface area contributed by atoms with Crippen molar-refractivity contribution in [2.75, 3.05) is 27.3 Å². The molecule has 2 aromatic rings. The summed E-state index contributed by atoms with van der Waals surface area (Å²) in [4.78, 5) is 17.1. The Morgan fingerprint density at radius 3 is 2.33 bits per heavy atom. The first-order valence-electron chi connectivity index (χ1n) is 12.6. The molecular weight excluding hydrogens is 454 g/mol. The smallest absolute Gasteiger partial charge is 0.255 e. The van der Waals surface area contributed by atoms with E-state index in [1.54, 1.807) is 26.4 Å². The number of para-hydroxylation sites is 2. The predicted octanol–water partition coefficient (Wildman–Crippen LogP) is 3.74. The van der Waals surface area contributed by atoms with Gasteiger partial charge in [0.05, 0.1) is 19.8 Å². The summed E-state index contributed by atoms with van der Waals surface area (Å²) in [5.74, 6) is 2.47. The van der Waals surface area contributed by atoms with Crippen LogP contribution in [0.2, 0.25) is 0 Å². The van der Waals surface area contributed by atoms with E-state index < -0.39 is 0 Å². The van der Waals surface area contributed by atoms with Crippen molar-refractivity contribution in [2.45, 2.75) is 50.0 Å². The SMILES string of the molecule is COc1ccccc1C(=O)NC[C@]1(c2ccccc2OC)CC[C@H](N/C(=N/C#N)NCC2CC2)CC1. The summed E-state index contributed by atoms with van der Waals surface area (Å²) >= 11 is 0. The van der Waals surface area contributed by atoms with Gasteiger partial charge in [-0.1, -0.05) is 30.3 Å². The lowest BCUT2D eigenvalue weighted by atomic mass is 9.67. The molecule has 0 bridgehead atoms. The second kappa shape index (κ2) is 11.8. The number of hydrogen-bond donors (Lipinski definition) is 3. The molecule has 0 aromatic heterocycles. The molecule has 8 heteroatoms. The van der Waals surface area contributed by atoms with Gasteiger partial charge < -0.3 is 25.4 Å². The van der Waals surface area contributed by atoms with Gasteiger partial charge in [0, 0.05) is 30.1 Å². The third-order valence-electron chi connectivity index (χ3n) is 7.32. The van der Waals surface area contributed by atoms with E-state index in [2.05, 4.69) is 27.0 Å². The molecule has 190 valence electrons. The summed E-state index contributed by atoms with van der Waals surface area (Å²) in [6.45, 7) is 1.33. The number of carbonyl (C=O) groups is 1. The molecule has 0 heterocycles. The highest BCUT2D eigenvalue weighted by Crippen LogP contribution is 2.43. The fourth-order valence-electron chi connectivity index (χ4n) is 5.04. The molecule has 0 unspecified atom stereocenters. The molecule has 36 heavy (non-hydrogen) atoms. The number of hydrogen-bond acceptors (Lipinski definition) is 5. The maximum Gasteiger partial charge on any atom is 0.255 e. The lowest BCUT2D eigenvalue weighted by molar-refractivity contribution is 0.0931. The standard InChI is InChI=1S/C28H35N5O3/c1-35-24-9-5-3-7-22(24)26(34)31-18-28(23-8-4-6-10-25(23)36-2)15-13-21(14-16-28)33-27(32-19-29)30-17-20-11-12-20/h3-10,20-21H,11-18H2,1-2H3,(H,31,34)(H2,30,32,33)/t21-,28-. The van der Waals surface area contributed by atoms with Crippen LogP contribution in [-0.2, 0) is 5.41 Å². The zero-order chi connectivity index (χ0) is 25.4. The quantitative estimate of drug-likeness (QED) is 0.281. The Bertz CT molecular complexity index is 1110. The Kier molecular flexibility index (Phi) is 8.32. The third kappa shape index (κ3) is 6.09. The first-order chi connectivity index (χ1) is 17.6. The molecule has 2 saturated carbocycles. The second-order valence-electron chi connectivity index (χ2n) is 9.67. The number of nitriles is 1. The van der Waals surface area contributed by atoms with Crippen LogP contribution in [0.25, 0.3) is 0 Å².